The van der Waals surface area contributed by atoms with Crippen LogP contribution in [0.5, 0.6) is 5.75 Å². The van der Waals surface area contributed by atoms with E-state index in [4.69, 9.17) is 16.3 Å². The van der Waals surface area contributed by atoms with Crippen LogP contribution >= 0.6 is 11.6 Å². The van der Waals surface area contributed by atoms with Crippen molar-refractivity contribution in [3.8, 4) is 5.75 Å². The third-order valence-corrected chi connectivity index (χ3v) is 3.02. The Morgan fingerprint density at radius 1 is 1.44 bits per heavy atom. The smallest absolute Gasteiger partial charge is 0.162 e. The van der Waals surface area contributed by atoms with Gasteiger partial charge in [0.2, 0.25) is 0 Å². The maximum atomic E-state index is 13.5. The molecule has 100 valence electrons. The molecule has 0 aliphatic heterocycles. The average molecular weight is 273 g/mol. The maximum Gasteiger partial charge on any atom is 0.162 e. The average Bonchev–Trinajstić information content (AvgIpc) is 2.29. The molecule has 0 aliphatic rings. The molecule has 0 aliphatic carbocycles. The summed E-state index contributed by atoms with van der Waals surface area (Å²) >= 11 is 5.64. The zero-order chi connectivity index (χ0) is 13.5. The fraction of sp³-hybridized carbons (Fsp3) is 0.500. The molecule has 18 heavy (non-hydrogen) atoms. The summed E-state index contributed by atoms with van der Waals surface area (Å²) in [6.07, 6.45) is 1.82. The first-order valence-corrected chi connectivity index (χ1v) is 6.57. The topological polar surface area (TPSA) is 26.3 Å². The lowest BCUT2D eigenvalue weighted by atomic mass is 10.1. The second kappa shape index (κ2) is 7.37. The van der Waals surface area contributed by atoms with Crippen LogP contribution in [-0.4, -0.2) is 18.3 Å². The van der Waals surface area contributed by atoms with Gasteiger partial charge in [-0.3, -0.25) is 4.79 Å². The molecule has 0 fully saturated rings. The second-order valence-electron chi connectivity index (χ2n) is 4.42. The van der Waals surface area contributed by atoms with E-state index in [-0.39, 0.29) is 11.3 Å². The Morgan fingerprint density at radius 2 is 2.17 bits per heavy atom. The molecule has 0 heterocycles. The number of Topliss-reactive ketones (excluding diaryl/α,β-unsaturated/α-hetero) is 1. The minimum absolute atomic E-state index is 0.0952. The molecule has 1 aromatic carbocycles. The molecular weight excluding hydrogens is 255 g/mol. The predicted molar refractivity (Wildman–Crippen MR) is 71.0 cm³/mol. The van der Waals surface area contributed by atoms with Gasteiger partial charge in [-0.05, 0) is 37.8 Å². The second-order valence-corrected chi connectivity index (χ2v) is 4.80. The lowest BCUT2D eigenvalue weighted by Gasteiger charge is -2.11. The van der Waals surface area contributed by atoms with Gasteiger partial charge in [0.15, 0.2) is 5.78 Å². The number of halogens is 2. The van der Waals surface area contributed by atoms with Crippen LogP contribution in [0.4, 0.5) is 4.39 Å². The van der Waals surface area contributed by atoms with Crippen molar-refractivity contribution in [1.29, 1.82) is 0 Å². The third-order valence-electron chi connectivity index (χ3n) is 2.80. The van der Waals surface area contributed by atoms with Gasteiger partial charge in [0, 0.05) is 11.9 Å². The molecule has 4 heteroatoms. The monoisotopic (exact) mass is 272 g/mol. The first-order chi connectivity index (χ1) is 8.54. The van der Waals surface area contributed by atoms with Crippen LogP contribution in [-0.2, 0) is 0 Å². The van der Waals surface area contributed by atoms with Crippen LogP contribution in [0.15, 0.2) is 18.2 Å². The van der Waals surface area contributed by atoms with Gasteiger partial charge in [-0.25, -0.2) is 4.39 Å². The normalized spacial score (nSPS) is 12.2. The highest BCUT2D eigenvalue weighted by atomic mass is 35.5. The summed E-state index contributed by atoms with van der Waals surface area (Å²) in [4.78, 5) is 11.1. The maximum absolute atomic E-state index is 13.5. The van der Waals surface area contributed by atoms with Gasteiger partial charge in [-0.1, -0.05) is 6.92 Å². The highest BCUT2D eigenvalue weighted by molar-refractivity contribution is 6.17. The number of benzene rings is 1. The van der Waals surface area contributed by atoms with Crippen molar-refractivity contribution in [1.82, 2.24) is 0 Å². The number of carbonyl (C=O) groups is 1. The molecule has 0 aromatic heterocycles. The molecule has 1 aromatic rings. The van der Waals surface area contributed by atoms with E-state index in [0.717, 1.165) is 12.8 Å². The fourth-order valence-corrected chi connectivity index (χ4v) is 1.95. The van der Waals surface area contributed by atoms with Crippen molar-refractivity contribution in [3.05, 3.63) is 29.6 Å². The first-order valence-electron chi connectivity index (χ1n) is 6.04. The molecule has 0 amide bonds. The van der Waals surface area contributed by atoms with Crippen molar-refractivity contribution in [3.63, 3.8) is 0 Å². The van der Waals surface area contributed by atoms with Crippen LogP contribution in [0.1, 0.15) is 37.0 Å². The van der Waals surface area contributed by atoms with Crippen molar-refractivity contribution in [2.45, 2.75) is 26.7 Å². The highest BCUT2D eigenvalue weighted by Crippen LogP contribution is 2.18. The Hall–Kier alpha value is -1.09. The Balaban J connectivity index is 2.49. The minimum Gasteiger partial charge on any atom is -0.493 e. The van der Waals surface area contributed by atoms with Crippen molar-refractivity contribution >= 4 is 17.4 Å². The number of ether oxygens (including phenoxy) is 1. The minimum atomic E-state index is -0.534. The van der Waals surface area contributed by atoms with Crippen LogP contribution in [0.3, 0.4) is 0 Å². The Bertz CT molecular complexity index is 407. The summed E-state index contributed by atoms with van der Waals surface area (Å²) in [6, 6.07) is 4.32. The zero-order valence-electron chi connectivity index (χ0n) is 10.7. The molecule has 0 bridgehead atoms. The number of carbonyl (C=O) groups excluding carboxylic acids is 1. The molecular formula is C14H18ClFO2. The van der Waals surface area contributed by atoms with E-state index in [1.54, 1.807) is 6.07 Å². The number of rotatable bonds is 7. The molecule has 0 spiro atoms. The van der Waals surface area contributed by atoms with E-state index in [0.29, 0.717) is 24.2 Å². The van der Waals surface area contributed by atoms with Crippen LogP contribution in [0.25, 0.3) is 0 Å². The first kappa shape index (κ1) is 15.0. The van der Waals surface area contributed by atoms with E-state index in [2.05, 4.69) is 6.92 Å². The molecule has 0 saturated carbocycles. The van der Waals surface area contributed by atoms with Gasteiger partial charge in [0.25, 0.3) is 0 Å². The molecule has 2 nitrogen and oxygen atoms in total. The van der Waals surface area contributed by atoms with Crippen molar-refractivity contribution in [2.75, 3.05) is 12.5 Å². The molecule has 0 saturated heterocycles. The van der Waals surface area contributed by atoms with Gasteiger partial charge < -0.3 is 4.74 Å². The number of alkyl halides is 1. The number of hydrogen-bond acceptors (Lipinski definition) is 2. The van der Waals surface area contributed by atoms with Gasteiger partial charge in [-0.2, -0.15) is 0 Å². The van der Waals surface area contributed by atoms with Gasteiger partial charge in [0.1, 0.15) is 11.6 Å². The molecule has 1 rings (SSSR count). The van der Waals surface area contributed by atoms with Gasteiger partial charge in [0.05, 0.1) is 12.2 Å². The summed E-state index contributed by atoms with van der Waals surface area (Å²) in [5, 5.41) is 0. The third kappa shape index (κ3) is 4.65. The van der Waals surface area contributed by atoms with Crippen molar-refractivity contribution in [2.24, 2.45) is 5.92 Å². The summed E-state index contributed by atoms with van der Waals surface area (Å²) in [5.41, 5.74) is 0.0952. The highest BCUT2D eigenvalue weighted by Gasteiger charge is 2.08. The summed E-state index contributed by atoms with van der Waals surface area (Å²) in [7, 11) is 0. The van der Waals surface area contributed by atoms with Gasteiger partial charge >= 0.3 is 0 Å². The standard InChI is InChI=1S/C14H18ClFO2/c1-10(5-7-15)6-8-18-12-3-4-13(11(2)17)14(16)9-12/h3-4,9-10H,5-8H2,1-2H3. The quantitative estimate of drug-likeness (QED) is 0.553. The summed E-state index contributed by atoms with van der Waals surface area (Å²) < 4.78 is 18.9. The molecule has 0 N–H and O–H groups in total. The molecule has 0 radical (unpaired) electrons. The van der Waals surface area contributed by atoms with Crippen LogP contribution in [0, 0.1) is 11.7 Å². The van der Waals surface area contributed by atoms with E-state index < -0.39 is 5.82 Å². The lowest BCUT2D eigenvalue weighted by molar-refractivity contribution is 0.101. The number of ketones is 1. The number of hydrogen-bond donors (Lipinski definition) is 0. The Morgan fingerprint density at radius 3 is 2.72 bits per heavy atom. The zero-order valence-corrected chi connectivity index (χ0v) is 11.5. The van der Waals surface area contributed by atoms with E-state index in [9.17, 15) is 9.18 Å². The summed E-state index contributed by atoms with van der Waals surface area (Å²) in [5.74, 6) is 0.770. The van der Waals surface area contributed by atoms with E-state index >= 15 is 0 Å². The van der Waals surface area contributed by atoms with Crippen LogP contribution in [0.2, 0.25) is 0 Å². The molecule has 1 unspecified atom stereocenters. The Labute approximate surface area is 112 Å². The predicted octanol–water partition coefficient (Wildman–Crippen LogP) is 4.06. The van der Waals surface area contributed by atoms with Gasteiger partial charge in [-0.15, -0.1) is 11.6 Å². The summed E-state index contributed by atoms with van der Waals surface area (Å²) in [6.45, 7) is 3.97. The molecule has 1 atom stereocenters. The largest absolute Gasteiger partial charge is 0.493 e. The Kier molecular flexibility index (Phi) is 6.13. The fourth-order valence-electron chi connectivity index (χ4n) is 1.58. The lowest BCUT2D eigenvalue weighted by Crippen LogP contribution is -2.05. The van der Waals surface area contributed by atoms with Crippen LogP contribution < -0.4 is 4.74 Å². The van der Waals surface area contributed by atoms with Crippen molar-refractivity contribution < 1.29 is 13.9 Å². The SMILES string of the molecule is CC(=O)c1ccc(OCCC(C)CCCl)cc1F. The van der Waals surface area contributed by atoms with E-state index in [1.165, 1.54) is 19.1 Å². The van der Waals surface area contributed by atoms with E-state index in [1.807, 2.05) is 0 Å².